The first kappa shape index (κ1) is 13.0. The minimum atomic E-state index is 0.306. The van der Waals surface area contributed by atoms with Crippen molar-refractivity contribution in [2.45, 2.75) is 24.2 Å². The van der Waals surface area contributed by atoms with Gasteiger partial charge in [0.15, 0.2) is 0 Å². The Balaban J connectivity index is 1.67. The van der Waals surface area contributed by atoms with E-state index >= 15 is 0 Å². The molecule has 0 aliphatic carbocycles. The molecule has 0 radical (unpaired) electrons. The molecule has 0 saturated carbocycles. The zero-order chi connectivity index (χ0) is 13.1. The molecule has 19 heavy (non-hydrogen) atoms. The summed E-state index contributed by atoms with van der Waals surface area (Å²) in [6, 6.07) is 7.44. The lowest BCUT2D eigenvalue weighted by molar-refractivity contribution is 0.128. The Hall–Kier alpha value is -1.04. The molecular weight excluding hydrogens is 284 g/mol. The van der Waals surface area contributed by atoms with Crippen LogP contribution in [0.5, 0.6) is 0 Å². The third-order valence-electron chi connectivity index (χ3n) is 2.93. The third kappa shape index (κ3) is 3.11. The van der Waals surface area contributed by atoms with Crippen LogP contribution in [0.1, 0.15) is 12.8 Å². The largest absolute Gasteiger partial charge is 0.411 e. The van der Waals surface area contributed by atoms with Crippen LogP contribution in [0.15, 0.2) is 33.9 Å². The van der Waals surface area contributed by atoms with E-state index in [9.17, 15) is 0 Å². The van der Waals surface area contributed by atoms with Gasteiger partial charge in [-0.2, -0.15) is 0 Å². The maximum absolute atomic E-state index is 6.09. The summed E-state index contributed by atoms with van der Waals surface area (Å²) in [4.78, 5) is 0. The molecule has 1 aliphatic rings. The number of halogens is 1. The minimum Gasteiger partial charge on any atom is -0.411 e. The van der Waals surface area contributed by atoms with E-state index in [-0.39, 0.29) is 0 Å². The van der Waals surface area contributed by atoms with Crippen molar-refractivity contribution in [2.24, 2.45) is 0 Å². The number of nitrogens with zero attached hydrogens (tertiary/aromatic N) is 2. The molecule has 1 aromatic carbocycles. The van der Waals surface area contributed by atoms with Crippen LogP contribution in [0.3, 0.4) is 0 Å². The van der Waals surface area contributed by atoms with Crippen LogP contribution in [0.2, 0.25) is 5.02 Å². The van der Waals surface area contributed by atoms with Crippen LogP contribution >= 0.6 is 23.4 Å². The summed E-state index contributed by atoms with van der Waals surface area (Å²) in [6.07, 6.45) is 2.55. The van der Waals surface area contributed by atoms with Gasteiger partial charge < -0.3 is 9.15 Å². The molecule has 0 spiro atoms. The Labute approximate surface area is 120 Å². The van der Waals surface area contributed by atoms with Gasteiger partial charge in [-0.1, -0.05) is 35.5 Å². The van der Waals surface area contributed by atoms with Gasteiger partial charge in [-0.25, -0.2) is 0 Å². The smallest absolute Gasteiger partial charge is 0.276 e. The summed E-state index contributed by atoms with van der Waals surface area (Å²) in [5.41, 5.74) is 0.764. The van der Waals surface area contributed by atoms with Crippen molar-refractivity contribution in [3.8, 4) is 11.5 Å². The van der Waals surface area contributed by atoms with Gasteiger partial charge in [0, 0.05) is 12.4 Å². The van der Waals surface area contributed by atoms with E-state index in [1.54, 1.807) is 6.07 Å². The van der Waals surface area contributed by atoms with Crippen molar-refractivity contribution in [1.82, 2.24) is 10.2 Å². The summed E-state index contributed by atoms with van der Waals surface area (Å²) >= 11 is 7.62. The SMILES string of the molecule is Clc1ccccc1-c1nnc(SC[C@@H]2CCCO2)o1. The predicted molar refractivity (Wildman–Crippen MR) is 74.4 cm³/mol. The van der Waals surface area contributed by atoms with Gasteiger partial charge in [0.2, 0.25) is 5.89 Å². The van der Waals surface area contributed by atoms with E-state index in [4.69, 9.17) is 20.8 Å². The molecule has 2 heterocycles. The Kier molecular flexibility index (Phi) is 4.06. The van der Waals surface area contributed by atoms with E-state index in [0.717, 1.165) is 30.8 Å². The standard InChI is InChI=1S/C13H13ClN2O2S/c14-11-6-2-1-5-10(11)12-15-16-13(18-12)19-8-9-4-3-7-17-9/h1-2,5-6,9H,3-4,7-8H2/t9-/m0/s1. The van der Waals surface area contributed by atoms with E-state index < -0.39 is 0 Å². The number of thioether (sulfide) groups is 1. The highest BCUT2D eigenvalue weighted by atomic mass is 35.5. The van der Waals surface area contributed by atoms with Crippen LogP contribution in [0.4, 0.5) is 0 Å². The Bertz CT molecular complexity index is 555. The molecule has 0 amide bonds. The number of ether oxygens (including phenoxy) is 1. The van der Waals surface area contributed by atoms with Gasteiger partial charge in [-0.3, -0.25) is 0 Å². The van der Waals surface area contributed by atoms with Crippen molar-refractivity contribution >= 4 is 23.4 Å². The molecule has 100 valence electrons. The first-order valence-electron chi connectivity index (χ1n) is 6.16. The summed E-state index contributed by atoms with van der Waals surface area (Å²) in [5, 5.41) is 9.23. The van der Waals surface area contributed by atoms with Gasteiger partial charge in [0.05, 0.1) is 16.7 Å². The number of rotatable bonds is 4. The van der Waals surface area contributed by atoms with Gasteiger partial charge in [0.25, 0.3) is 5.22 Å². The summed E-state index contributed by atoms with van der Waals surface area (Å²) in [6.45, 7) is 0.861. The van der Waals surface area contributed by atoms with Gasteiger partial charge in [-0.15, -0.1) is 10.2 Å². The first-order valence-corrected chi connectivity index (χ1v) is 7.52. The van der Waals surface area contributed by atoms with Crippen LogP contribution in [-0.2, 0) is 4.74 Å². The fraction of sp³-hybridized carbons (Fsp3) is 0.385. The van der Waals surface area contributed by atoms with E-state index in [2.05, 4.69) is 10.2 Å². The van der Waals surface area contributed by atoms with Gasteiger partial charge >= 0.3 is 0 Å². The highest BCUT2D eigenvalue weighted by molar-refractivity contribution is 7.99. The molecular formula is C13H13ClN2O2S. The fourth-order valence-corrected chi connectivity index (χ4v) is 3.00. The number of benzene rings is 1. The van der Waals surface area contributed by atoms with Crippen molar-refractivity contribution in [3.05, 3.63) is 29.3 Å². The molecule has 1 aliphatic heterocycles. The summed E-state index contributed by atoms with van der Waals surface area (Å²) in [7, 11) is 0. The Morgan fingerprint density at radius 3 is 3.00 bits per heavy atom. The average molecular weight is 297 g/mol. The maximum Gasteiger partial charge on any atom is 0.276 e. The molecule has 4 nitrogen and oxygen atoms in total. The second kappa shape index (κ2) is 5.94. The molecule has 1 aromatic heterocycles. The zero-order valence-electron chi connectivity index (χ0n) is 10.2. The molecule has 0 N–H and O–H groups in total. The summed E-state index contributed by atoms with van der Waals surface area (Å²) in [5.74, 6) is 1.31. The van der Waals surface area contributed by atoms with Crippen molar-refractivity contribution in [2.75, 3.05) is 12.4 Å². The maximum atomic E-state index is 6.09. The topological polar surface area (TPSA) is 48.2 Å². The normalized spacial score (nSPS) is 18.9. The quantitative estimate of drug-likeness (QED) is 0.806. The monoisotopic (exact) mass is 296 g/mol. The van der Waals surface area contributed by atoms with Gasteiger partial charge in [-0.05, 0) is 25.0 Å². The third-order valence-corrected chi connectivity index (χ3v) is 4.21. The van der Waals surface area contributed by atoms with Crippen LogP contribution in [0.25, 0.3) is 11.5 Å². The highest BCUT2D eigenvalue weighted by Gasteiger charge is 2.18. The summed E-state index contributed by atoms with van der Waals surface area (Å²) < 4.78 is 11.2. The van der Waals surface area contributed by atoms with Crippen LogP contribution in [-0.4, -0.2) is 28.7 Å². The zero-order valence-corrected chi connectivity index (χ0v) is 11.8. The lowest BCUT2D eigenvalue weighted by Gasteiger charge is -2.05. The fourth-order valence-electron chi connectivity index (χ4n) is 1.95. The molecule has 1 atom stereocenters. The molecule has 1 fully saturated rings. The highest BCUT2D eigenvalue weighted by Crippen LogP contribution is 2.29. The molecule has 0 bridgehead atoms. The molecule has 6 heteroatoms. The van der Waals surface area contributed by atoms with Crippen LogP contribution < -0.4 is 0 Å². The molecule has 2 aromatic rings. The molecule has 3 rings (SSSR count). The molecule has 0 unspecified atom stereocenters. The predicted octanol–water partition coefficient (Wildman–Crippen LogP) is 3.66. The Morgan fingerprint density at radius 1 is 1.32 bits per heavy atom. The Morgan fingerprint density at radius 2 is 2.21 bits per heavy atom. The van der Waals surface area contributed by atoms with E-state index in [1.165, 1.54) is 11.8 Å². The van der Waals surface area contributed by atoms with Crippen molar-refractivity contribution in [3.63, 3.8) is 0 Å². The van der Waals surface area contributed by atoms with Crippen molar-refractivity contribution < 1.29 is 9.15 Å². The molecule has 1 saturated heterocycles. The lowest BCUT2D eigenvalue weighted by Crippen LogP contribution is -2.07. The van der Waals surface area contributed by atoms with Crippen molar-refractivity contribution in [1.29, 1.82) is 0 Å². The first-order chi connectivity index (χ1) is 9.33. The van der Waals surface area contributed by atoms with E-state index in [0.29, 0.717) is 22.2 Å². The second-order valence-electron chi connectivity index (χ2n) is 4.30. The van der Waals surface area contributed by atoms with Gasteiger partial charge in [0.1, 0.15) is 0 Å². The number of hydrogen-bond acceptors (Lipinski definition) is 5. The second-order valence-corrected chi connectivity index (χ2v) is 5.68. The number of aromatic nitrogens is 2. The number of hydrogen-bond donors (Lipinski definition) is 0. The lowest BCUT2D eigenvalue weighted by atomic mass is 10.2. The average Bonchev–Trinajstić information content (AvgIpc) is 3.08. The van der Waals surface area contributed by atoms with Crippen LogP contribution in [0, 0.1) is 0 Å². The minimum absolute atomic E-state index is 0.306. The van der Waals surface area contributed by atoms with E-state index in [1.807, 2.05) is 18.2 Å².